The molecule has 0 fully saturated rings. The van der Waals surface area contributed by atoms with Crippen LogP contribution in [-0.4, -0.2) is 91.2 Å². The number of ether oxygens (including phenoxy) is 1. The number of nitrogen functional groups attached to an aromatic ring is 1. The summed E-state index contributed by atoms with van der Waals surface area (Å²) in [4.78, 5) is 94.6. The summed E-state index contributed by atoms with van der Waals surface area (Å²) in [6.07, 6.45) is 6.50. The van der Waals surface area contributed by atoms with Crippen LogP contribution in [0.3, 0.4) is 0 Å². The van der Waals surface area contributed by atoms with Crippen molar-refractivity contribution < 1.29 is 48.2 Å². The first-order valence-corrected chi connectivity index (χ1v) is 27.0. The Bertz CT molecular complexity index is 4070. The second-order valence-corrected chi connectivity index (χ2v) is 21.4. The SMILES string of the molecule is CC(=O)Cn1ccc2ccc(N)cc21.CC(=O)Cn1ccc2ccc(NCc3ccc(C)n3C(C)=O)cc21.Cc1ccc(C=O)[nH]1.Cc1ccc(C=O)n1C(=O)OC(C)(C)C.Cc1ccc2n1C(=O)N(c1ccc3ccn(CC(=O)O)c3c1)C2. The molecular weight excluding hydrogens is 1070 g/mol. The minimum absolute atomic E-state index is 0.0140. The first kappa shape index (κ1) is 61.4. The number of anilines is 3. The summed E-state index contributed by atoms with van der Waals surface area (Å²) >= 11 is 0. The fourth-order valence-electron chi connectivity index (χ4n) is 9.59. The number of carbonyl (C=O) groups excluding carboxylic acids is 7. The molecule has 0 unspecified atom stereocenters. The third kappa shape index (κ3) is 15.2. The van der Waals surface area contributed by atoms with Gasteiger partial charge in [0, 0.05) is 76.7 Å². The zero-order valence-corrected chi connectivity index (χ0v) is 48.8. The number of nitrogens with one attached hydrogen (secondary N) is 2. The Morgan fingerprint density at radius 2 is 1.20 bits per heavy atom. The lowest BCUT2D eigenvalue weighted by molar-refractivity contribution is -0.137. The molecule has 0 spiro atoms. The molecule has 5 N–H and O–H groups in total. The highest BCUT2D eigenvalue weighted by Gasteiger charge is 2.29. The predicted molar refractivity (Wildman–Crippen MR) is 325 cm³/mol. The number of Topliss-reactive ketones (excluding diaryl/α,β-unsaturated/α-hetero) is 2. The van der Waals surface area contributed by atoms with E-state index in [1.165, 1.54) is 4.57 Å². The summed E-state index contributed by atoms with van der Waals surface area (Å²) in [6.45, 7) is 19.3. The Kier molecular flexibility index (Phi) is 19.4. The number of fused-ring (bicyclic) bond motifs is 4. The zero-order valence-electron chi connectivity index (χ0n) is 48.8. The molecule has 1 amide bonds. The Balaban J connectivity index is 0.000000157. The van der Waals surface area contributed by atoms with E-state index in [9.17, 15) is 38.4 Å². The van der Waals surface area contributed by atoms with Gasteiger partial charge in [-0.3, -0.25) is 42.8 Å². The van der Waals surface area contributed by atoms with E-state index in [1.807, 2.05) is 145 Å². The van der Waals surface area contributed by atoms with Gasteiger partial charge in [0.25, 0.3) is 0 Å². The lowest BCUT2D eigenvalue weighted by Gasteiger charge is -2.20. The van der Waals surface area contributed by atoms with E-state index in [4.69, 9.17) is 15.6 Å². The Hall–Kier alpha value is -10.2. The molecule has 11 rings (SSSR count). The molecule has 0 saturated heterocycles. The molecule has 436 valence electrons. The fourth-order valence-corrected chi connectivity index (χ4v) is 9.59. The van der Waals surface area contributed by atoms with Gasteiger partial charge < -0.3 is 39.6 Å². The third-order valence-corrected chi connectivity index (χ3v) is 13.4. The molecule has 84 heavy (non-hydrogen) atoms. The molecule has 7 aromatic heterocycles. The highest BCUT2D eigenvalue weighted by Crippen LogP contribution is 2.30. The molecule has 0 aliphatic carbocycles. The van der Waals surface area contributed by atoms with Crippen molar-refractivity contribution in [3.63, 3.8) is 0 Å². The highest BCUT2D eigenvalue weighted by atomic mass is 16.6. The van der Waals surface area contributed by atoms with Crippen LogP contribution in [0.4, 0.5) is 26.7 Å². The van der Waals surface area contributed by atoms with Crippen molar-refractivity contribution in [2.24, 2.45) is 0 Å². The van der Waals surface area contributed by atoms with Crippen LogP contribution in [0.5, 0.6) is 0 Å². The maximum atomic E-state index is 12.6. The molecule has 1 aliphatic heterocycles. The van der Waals surface area contributed by atoms with Crippen molar-refractivity contribution in [3.05, 3.63) is 185 Å². The molecule has 3 aromatic carbocycles. The summed E-state index contributed by atoms with van der Waals surface area (Å²) < 4.78 is 15.4. The van der Waals surface area contributed by atoms with E-state index in [-0.39, 0.29) is 30.0 Å². The summed E-state index contributed by atoms with van der Waals surface area (Å²) in [5, 5.41) is 15.5. The molecule has 0 radical (unpaired) electrons. The van der Waals surface area contributed by atoms with Crippen molar-refractivity contribution in [3.8, 4) is 0 Å². The summed E-state index contributed by atoms with van der Waals surface area (Å²) in [6, 6.07) is 38.0. The summed E-state index contributed by atoms with van der Waals surface area (Å²) in [5.74, 6) is -0.609. The molecule has 0 atom stereocenters. The van der Waals surface area contributed by atoms with Gasteiger partial charge in [-0.05, 0) is 182 Å². The van der Waals surface area contributed by atoms with Crippen LogP contribution in [0.1, 0.15) is 101 Å². The smallest absolute Gasteiger partial charge is 0.419 e. The molecule has 10 aromatic rings. The molecule has 20 nitrogen and oxygen atoms in total. The van der Waals surface area contributed by atoms with E-state index >= 15 is 0 Å². The van der Waals surface area contributed by atoms with Gasteiger partial charge in [-0.2, -0.15) is 0 Å². The second-order valence-electron chi connectivity index (χ2n) is 21.4. The Morgan fingerprint density at radius 1 is 0.643 bits per heavy atom. The van der Waals surface area contributed by atoms with Crippen molar-refractivity contribution >= 4 is 97.9 Å². The van der Waals surface area contributed by atoms with Gasteiger partial charge in [0.1, 0.15) is 23.7 Å². The molecule has 0 bridgehead atoms. The number of hydrogen-bond acceptors (Lipinski definition) is 11. The number of benzene rings is 3. The number of amides is 1. The molecular formula is C64H70N10O10. The number of H-pyrrole nitrogens is 1. The number of ketones is 2. The number of aliphatic carboxylic acids is 1. The van der Waals surface area contributed by atoms with Crippen LogP contribution in [0.2, 0.25) is 0 Å². The molecule has 20 heteroatoms. The van der Waals surface area contributed by atoms with Gasteiger partial charge in [-0.1, -0.05) is 18.2 Å². The van der Waals surface area contributed by atoms with Crippen LogP contribution in [0.25, 0.3) is 32.7 Å². The van der Waals surface area contributed by atoms with E-state index in [1.54, 1.807) is 91.5 Å². The first-order valence-electron chi connectivity index (χ1n) is 27.0. The number of nitrogens with two attached hydrogens (primary N) is 1. The van der Waals surface area contributed by atoms with Gasteiger partial charge >= 0.3 is 18.1 Å². The van der Waals surface area contributed by atoms with Crippen LogP contribution in [0.15, 0.2) is 140 Å². The van der Waals surface area contributed by atoms with Crippen LogP contribution in [-0.2, 0) is 51.8 Å². The van der Waals surface area contributed by atoms with Gasteiger partial charge in [0.2, 0.25) is 5.91 Å². The number of aromatic amines is 1. The van der Waals surface area contributed by atoms with Crippen LogP contribution < -0.4 is 16.0 Å². The van der Waals surface area contributed by atoms with Crippen molar-refractivity contribution in [2.45, 2.75) is 108 Å². The predicted octanol–water partition coefficient (Wildman–Crippen LogP) is 11.8. The lowest BCUT2D eigenvalue weighted by Crippen LogP contribution is -2.28. The number of nitrogens with zero attached hydrogens (tertiary/aromatic N) is 7. The number of carboxylic acid groups (broad SMARTS) is 1. The Morgan fingerprint density at radius 3 is 1.74 bits per heavy atom. The number of carbonyl (C=O) groups is 8. The third-order valence-electron chi connectivity index (χ3n) is 13.4. The first-order chi connectivity index (χ1) is 39.8. The summed E-state index contributed by atoms with van der Waals surface area (Å²) in [5.41, 5.74) is 16.8. The van der Waals surface area contributed by atoms with Crippen molar-refractivity contribution in [1.82, 2.24) is 32.4 Å². The van der Waals surface area contributed by atoms with Gasteiger partial charge in [0.05, 0.1) is 54.1 Å². The van der Waals surface area contributed by atoms with E-state index in [0.29, 0.717) is 49.5 Å². The zero-order chi connectivity index (χ0) is 61.2. The van der Waals surface area contributed by atoms with Crippen molar-refractivity contribution in [1.29, 1.82) is 0 Å². The topological polar surface area (TPSA) is 253 Å². The second kappa shape index (κ2) is 26.6. The van der Waals surface area contributed by atoms with Gasteiger partial charge in [0.15, 0.2) is 12.6 Å². The van der Waals surface area contributed by atoms with Crippen LogP contribution >= 0.6 is 0 Å². The van der Waals surface area contributed by atoms with Crippen molar-refractivity contribution in [2.75, 3.05) is 16.0 Å². The largest absolute Gasteiger partial charge is 0.480 e. The number of aromatic nitrogens is 7. The van der Waals surface area contributed by atoms with E-state index in [2.05, 4.69) is 10.3 Å². The standard InChI is InChI=1S/C19H21N3O2.C17H15N3O3.C11H12N2O.C11H15NO3.C6H7NO/c1-13-4-7-18(22(13)15(3)24)11-20-17-6-5-16-8-9-21(12-14(2)23)19(16)10-17;1-11-2-4-14-9-19(17(23)20(11)14)13-5-3-12-6-7-18(10-16(21)22)15(12)8-13;1-8(14)7-13-5-4-9-2-3-10(12)6-11(9)13;1-8-5-6-9(7-13)12(8)10(14)15-11(2,3)4;1-5-2-3-6(4-8)7-5/h4-10,20H,11-12H2,1-3H3;2-8H,9-10H2,1H3,(H,21,22);2-6H,7,12H2,1H3;5-7H,1-4H3;2-4,7H,1H3. The van der Waals surface area contributed by atoms with Gasteiger partial charge in [-0.15, -0.1) is 0 Å². The molecule has 1 aliphatic rings. The number of hydrogen-bond donors (Lipinski definition) is 4. The van der Waals surface area contributed by atoms with Crippen LogP contribution in [0, 0.1) is 27.7 Å². The minimum atomic E-state index is -0.892. The number of carboxylic acids is 1. The fraction of sp³-hybridized carbons (Fsp3) is 0.250. The monoisotopic (exact) mass is 1140 g/mol. The molecule has 8 heterocycles. The number of aldehydes is 2. The minimum Gasteiger partial charge on any atom is -0.480 e. The molecule has 0 saturated carbocycles. The maximum absolute atomic E-state index is 12.6. The van der Waals surface area contributed by atoms with E-state index < -0.39 is 17.7 Å². The average Bonchev–Trinajstić information content (AvgIpc) is 4.54. The lowest BCUT2D eigenvalue weighted by atomic mass is 10.2. The normalized spacial score (nSPS) is 11.5. The van der Waals surface area contributed by atoms with Gasteiger partial charge in [-0.25, -0.2) is 14.2 Å². The average molecular weight is 1140 g/mol. The quantitative estimate of drug-likeness (QED) is 0.0658. The number of aryl methyl sites for hydroxylation is 4. The Labute approximate surface area is 485 Å². The maximum Gasteiger partial charge on any atom is 0.419 e. The summed E-state index contributed by atoms with van der Waals surface area (Å²) in [7, 11) is 0. The number of rotatable bonds is 12. The highest BCUT2D eigenvalue weighted by molar-refractivity contribution is 5.99. The van der Waals surface area contributed by atoms with E-state index in [0.717, 1.165) is 84.5 Å².